The molecule has 1 heterocycles. The molecule has 1 atom stereocenters. The van der Waals surface area contributed by atoms with Gasteiger partial charge in [-0.2, -0.15) is 5.10 Å². The number of hydrogen-bond acceptors (Lipinski definition) is 4. The molecule has 0 amide bonds. The normalized spacial score (nSPS) is 12.6. The third-order valence-corrected chi connectivity index (χ3v) is 4.96. The number of nitrogens with zero attached hydrogens (tertiary/aromatic N) is 3. The van der Waals surface area contributed by atoms with Gasteiger partial charge in [0.15, 0.2) is 0 Å². The summed E-state index contributed by atoms with van der Waals surface area (Å²) in [7, 11) is 0. The second-order valence-electron chi connectivity index (χ2n) is 7.90. The van der Waals surface area contributed by atoms with E-state index >= 15 is 0 Å². The summed E-state index contributed by atoms with van der Waals surface area (Å²) in [4.78, 5) is 2.24. The molecule has 154 valence electrons. The molecule has 0 aliphatic rings. The van der Waals surface area contributed by atoms with E-state index in [-0.39, 0.29) is 6.04 Å². The van der Waals surface area contributed by atoms with Crippen LogP contribution in [0.5, 0.6) is 11.6 Å². The minimum atomic E-state index is -0.400. The standard InChI is InChI=1S/C24H31N3O2/c1-17(2)26(15-19(4)28)16-23-20(5)25-27(21-9-7-6-8-10-21)24(23)29-22-13-11-18(3)12-14-22/h6-14,17,19,28H,15-16H2,1-5H3/t19-/m1/s1. The third kappa shape index (κ3) is 5.25. The van der Waals surface area contributed by atoms with Crippen LogP contribution in [0.25, 0.3) is 5.69 Å². The molecule has 0 spiro atoms. The van der Waals surface area contributed by atoms with Crippen LogP contribution in [0.4, 0.5) is 0 Å². The van der Waals surface area contributed by atoms with Gasteiger partial charge in [0, 0.05) is 19.1 Å². The Labute approximate surface area is 173 Å². The van der Waals surface area contributed by atoms with Gasteiger partial charge >= 0.3 is 0 Å². The molecule has 29 heavy (non-hydrogen) atoms. The molecule has 1 aromatic heterocycles. The van der Waals surface area contributed by atoms with E-state index in [2.05, 4.69) is 25.7 Å². The summed E-state index contributed by atoms with van der Waals surface area (Å²) in [6.07, 6.45) is -0.400. The topological polar surface area (TPSA) is 50.5 Å². The van der Waals surface area contributed by atoms with E-state index in [1.165, 1.54) is 5.56 Å². The largest absolute Gasteiger partial charge is 0.439 e. The average molecular weight is 394 g/mol. The maximum Gasteiger partial charge on any atom is 0.227 e. The number of aromatic nitrogens is 2. The Kier molecular flexibility index (Phi) is 6.72. The maximum absolute atomic E-state index is 9.94. The van der Waals surface area contributed by atoms with Crippen molar-refractivity contribution in [2.75, 3.05) is 6.54 Å². The quantitative estimate of drug-likeness (QED) is 0.593. The number of aliphatic hydroxyl groups excluding tert-OH is 1. The molecule has 0 radical (unpaired) electrons. The Morgan fingerprint density at radius 3 is 2.24 bits per heavy atom. The van der Waals surface area contributed by atoms with E-state index in [1.54, 1.807) is 0 Å². The molecular formula is C24H31N3O2. The molecule has 3 aromatic rings. The lowest BCUT2D eigenvalue weighted by Crippen LogP contribution is -2.36. The van der Waals surface area contributed by atoms with Gasteiger partial charge in [-0.3, -0.25) is 4.90 Å². The predicted octanol–water partition coefficient (Wildman–Crippen LogP) is 4.87. The fourth-order valence-electron chi connectivity index (χ4n) is 3.29. The van der Waals surface area contributed by atoms with E-state index < -0.39 is 6.10 Å². The lowest BCUT2D eigenvalue weighted by molar-refractivity contribution is 0.102. The molecule has 0 saturated carbocycles. The van der Waals surface area contributed by atoms with E-state index in [0.29, 0.717) is 19.0 Å². The van der Waals surface area contributed by atoms with E-state index in [1.807, 2.05) is 73.1 Å². The van der Waals surface area contributed by atoms with Crippen LogP contribution in [0.2, 0.25) is 0 Å². The molecule has 5 nitrogen and oxygen atoms in total. The van der Waals surface area contributed by atoms with Crippen LogP contribution in [0.3, 0.4) is 0 Å². The van der Waals surface area contributed by atoms with Crippen LogP contribution in [0.1, 0.15) is 37.6 Å². The molecule has 3 rings (SSSR count). The number of aryl methyl sites for hydroxylation is 2. The molecular weight excluding hydrogens is 362 g/mol. The van der Waals surface area contributed by atoms with Gasteiger partial charge < -0.3 is 9.84 Å². The first-order valence-electron chi connectivity index (χ1n) is 10.2. The molecule has 0 saturated heterocycles. The first-order valence-corrected chi connectivity index (χ1v) is 10.2. The zero-order valence-electron chi connectivity index (χ0n) is 18.0. The summed E-state index contributed by atoms with van der Waals surface area (Å²) in [6.45, 7) is 11.4. The van der Waals surface area contributed by atoms with Crippen molar-refractivity contribution in [1.82, 2.24) is 14.7 Å². The number of ether oxygens (including phenoxy) is 1. The summed E-state index contributed by atoms with van der Waals surface area (Å²) < 4.78 is 8.23. The van der Waals surface area contributed by atoms with Crippen molar-refractivity contribution in [3.63, 3.8) is 0 Å². The second kappa shape index (κ2) is 9.25. The number of benzene rings is 2. The molecule has 0 unspecified atom stereocenters. The van der Waals surface area contributed by atoms with Gasteiger partial charge in [-0.05, 0) is 58.9 Å². The summed E-state index contributed by atoms with van der Waals surface area (Å²) >= 11 is 0. The van der Waals surface area contributed by atoms with Crippen molar-refractivity contribution < 1.29 is 9.84 Å². The van der Waals surface area contributed by atoms with Crippen molar-refractivity contribution in [3.8, 4) is 17.3 Å². The summed E-state index contributed by atoms with van der Waals surface area (Å²) in [6, 6.07) is 18.4. The van der Waals surface area contributed by atoms with Gasteiger partial charge in [0.1, 0.15) is 5.75 Å². The minimum absolute atomic E-state index is 0.288. The summed E-state index contributed by atoms with van der Waals surface area (Å²) in [5, 5.41) is 14.7. The van der Waals surface area contributed by atoms with E-state index in [9.17, 15) is 5.11 Å². The highest BCUT2D eigenvalue weighted by atomic mass is 16.5. The first-order chi connectivity index (χ1) is 13.8. The SMILES string of the molecule is Cc1ccc(Oc2c(CN(C[C@@H](C)O)C(C)C)c(C)nn2-c2ccccc2)cc1. The Balaban J connectivity index is 2.04. The number of hydrogen-bond donors (Lipinski definition) is 1. The highest BCUT2D eigenvalue weighted by Crippen LogP contribution is 2.32. The molecule has 0 aliphatic carbocycles. The third-order valence-electron chi connectivity index (χ3n) is 4.96. The Bertz CT molecular complexity index is 915. The zero-order valence-corrected chi connectivity index (χ0v) is 18.0. The van der Waals surface area contributed by atoms with Crippen LogP contribution in [-0.4, -0.2) is 38.5 Å². The minimum Gasteiger partial charge on any atom is -0.439 e. The molecule has 0 fully saturated rings. The van der Waals surface area contributed by atoms with Gasteiger partial charge in [0.25, 0.3) is 0 Å². The Morgan fingerprint density at radius 2 is 1.66 bits per heavy atom. The van der Waals surface area contributed by atoms with Crippen LogP contribution in [-0.2, 0) is 6.54 Å². The highest BCUT2D eigenvalue weighted by Gasteiger charge is 2.23. The van der Waals surface area contributed by atoms with Crippen LogP contribution in [0, 0.1) is 13.8 Å². The zero-order chi connectivity index (χ0) is 21.0. The fourth-order valence-corrected chi connectivity index (χ4v) is 3.29. The van der Waals surface area contributed by atoms with Gasteiger partial charge in [-0.15, -0.1) is 0 Å². The predicted molar refractivity (Wildman–Crippen MR) is 117 cm³/mol. The first kappa shape index (κ1) is 21.1. The summed E-state index contributed by atoms with van der Waals surface area (Å²) in [5.41, 5.74) is 4.10. The molecule has 0 bridgehead atoms. The second-order valence-corrected chi connectivity index (χ2v) is 7.90. The molecule has 1 N–H and O–H groups in total. The van der Waals surface area contributed by atoms with E-state index in [0.717, 1.165) is 22.7 Å². The number of rotatable bonds is 8. The fraction of sp³-hybridized carbons (Fsp3) is 0.375. The van der Waals surface area contributed by atoms with Crippen LogP contribution in [0.15, 0.2) is 54.6 Å². The van der Waals surface area contributed by atoms with Gasteiger partial charge in [0.05, 0.1) is 23.0 Å². The lowest BCUT2D eigenvalue weighted by Gasteiger charge is -2.27. The van der Waals surface area contributed by atoms with Crippen molar-refractivity contribution in [2.24, 2.45) is 0 Å². The molecule has 0 aliphatic heterocycles. The Hall–Kier alpha value is -2.63. The smallest absolute Gasteiger partial charge is 0.227 e. The van der Waals surface area contributed by atoms with Crippen LogP contribution < -0.4 is 4.74 Å². The van der Waals surface area contributed by atoms with Crippen LogP contribution >= 0.6 is 0 Å². The Morgan fingerprint density at radius 1 is 1.00 bits per heavy atom. The maximum atomic E-state index is 9.94. The van der Waals surface area contributed by atoms with Crippen molar-refractivity contribution >= 4 is 0 Å². The monoisotopic (exact) mass is 393 g/mol. The lowest BCUT2D eigenvalue weighted by atomic mass is 10.2. The number of aliphatic hydroxyl groups is 1. The van der Waals surface area contributed by atoms with Gasteiger partial charge in [-0.1, -0.05) is 35.9 Å². The van der Waals surface area contributed by atoms with Gasteiger partial charge in [-0.25, -0.2) is 4.68 Å². The highest BCUT2D eigenvalue weighted by molar-refractivity contribution is 5.43. The summed E-state index contributed by atoms with van der Waals surface area (Å²) in [5.74, 6) is 1.49. The van der Waals surface area contributed by atoms with E-state index in [4.69, 9.17) is 9.84 Å². The van der Waals surface area contributed by atoms with Crippen molar-refractivity contribution in [2.45, 2.75) is 53.3 Å². The molecule has 5 heteroatoms. The van der Waals surface area contributed by atoms with Gasteiger partial charge in [0.2, 0.25) is 5.88 Å². The van der Waals surface area contributed by atoms with Crippen molar-refractivity contribution in [3.05, 3.63) is 71.4 Å². The number of para-hydroxylation sites is 1. The average Bonchev–Trinajstić information content (AvgIpc) is 2.99. The molecule has 2 aromatic carbocycles. The van der Waals surface area contributed by atoms with Crippen molar-refractivity contribution in [1.29, 1.82) is 0 Å².